The number of halogens is 2. The number of nitro groups is 1. The van der Waals surface area contributed by atoms with Crippen LogP contribution in [0, 0.1) is 15.9 Å². The number of fused-ring (bicyclic) bond motifs is 1. The number of hydrogen-bond acceptors (Lipinski definition) is 3. The van der Waals surface area contributed by atoms with Crippen LogP contribution >= 0.6 is 15.9 Å². The molecule has 0 fully saturated rings. The van der Waals surface area contributed by atoms with Crippen molar-refractivity contribution in [2.45, 2.75) is 19.3 Å². The normalized spacial score (nSPS) is 18.8. The highest BCUT2D eigenvalue weighted by atomic mass is 79.9. The third-order valence-electron chi connectivity index (χ3n) is 2.70. The fourth-order valence-electron chi connectivity index (χ4n) is 1.75. The molecule has 0 spiro atoms. The molecule has 0 amide bonds. The number of nitro benzene ring substituents is 1. The molecule has 1 aliphatic rings. The molecule has 1 unspecified atom stereocenters. The van der Waals surface area contributed by atoms with Crippen molar-refractivity contribution in [3.63, 3.8) is 0 Å². The summed E-state index contributed by atoms with van der Waals surface area (Å²) in [4.78, 5) is 9.95. The summed E-state index contributed by atoms with van der Waals surface area (Å²) >= 11 is 3.01. The van der Waals surface area contributed by atoms with Gasteiger partial charge in [0, 0.05) is 11.6 Å². The highest BCUT2D eigenvalue weighted by Crippen LogP contribution is 2.43. The van der Waals surface area contributed by atoms with Crippen LogP contribution in [0.5, 0.6) is 5.75 Å². The molecule has 0 saturated carbocycles. The average Bonchev–Trinajstić information content (AvgIpc) is 2.23. The van der Waals surface area contributed by atoms with Crippen molar-refractivity contribution in [1.29, 1.82) is 0 Å². The van der Waals surface area contributed by atoms with Crippen molar-refractivity contribution in [3.8, 4) is 5.75 Å². The van der Waals surface area contributed by atoms with E-state index in [0.717, 1.165) is 6.42 Å². The molecule has 1 aliphatic heterocycles. The van der Waals surface area contributed by atoms with E-state index < -0.39 is 16.4 Å². The molecule has 86 valence electrons. The van der Waals surface area contributed by atoms with Gasteiger partial charge in [0.2, 0.25) is 5.82 Å². The summed E-state index contributed by atoms with van der Waals surface area (Å²) in [6, 6.07) is 1.26. The van der Waals surface area contributed by atoms with Crippen LogP contribution in [0.4, 0.5) is 10.1 Å². The monoisotopic (exact) mass is 289 g/mol. The van der Waals surface area contributed by atoms with E-state index in [-0.39, 0.29) is 10.4 Å². The van der Waals surface area contributed by atoms with E-state index in [1.165, 1.54) is 6.07 Å². The smallest absolute Gasteiger partial charge is 0.306 e. The first-order chi connectivity index (χ1) is 7.52. The molecule has 6 heteroatoms. The van der Waals surface area contributed by atoms with Crippen molar-refractivity contribution in [1.82, 2.24) is 0 Å². The molecule has 1 aromatic carbocycles. The van der Waals surface area contributed by atoms with E-state index in [1.807, 2.05) is 6.92 Å². The molecule has 0 bridgehead atoms. The zero-order valence-electron chi connectivity index (χ0n) is 8.50. The summed E-state index contributed by atoms with van der Waals surface area (Å²) < 4.78 is 19.0. The largest absolute Gasteiger partial charge is 0.492 e. The molecular formula is C10H9BrFNO3. The van der Waals surface area contributed by atoms with Crippen LogP contribution in [-0.4, -0.2) is 11.5 Å². The van der Waals surface area contributed by atoms with Crippen LogP contribution in [0.1, 0.15) is 24.8 Å². The SMILES string of the molecule is CC1CCOc2c1cc([N+](=O)[O-])c(F)c2Br. The quantitative estimate of drug-likeness (QED) is 0.588. The average molecular weight is 290 g/mol. The molecule has 0 aromatic heterocycles. The number of nitrogens with zero attached hydrogens (tertiary/aromatic N) is 1. The van der Waals surface area contributed by atoms with Crippen molar-refractivity contribution in [3.05, 3.63) is 32.0 Å². The summed E-state index contributed by atoms with van der Waals surface area (Å²) in [5, 5.41) is 10.7. The number of rotatable bonds is 1. The lowest BCUT2D eigenvalue weighted by Crippen LogP contribution is -2.13. The topological polar surface area (TPSA) is 52.4 Å². The Balaban J connectivity index is 2.67. The minimum atomic E-state index is -0.877. The first kappa shape index (κ1) is 11.3. The Morgan fingerprint density at radius 2 is 2.38 bits per heavy atom. The zero-order chi connectivity index (χ0) is 11.9. The van der Waals surface area contributed by atoms with E-state index in [0.29, 0.717) is 17.9 Å². The van der Waals surface area contributed by atoms with Crippen molar-refractivity contribution >= 4 is 21.6 Å². The van der Waals surface area contributed by atoms with Gasteiger partial charge in [-0.15, -0.1) is 0 Å². The van der Waals surface area contributed by atoms with Gasteiger partial charge in [0.15, 0.2) is 0 Å². The molecular weight excluding hydrogens is 281 g/mol. The summed E-state index contributed by atoms with van der Waals surface area (Å²) in [6.07, 6.45) is 0.780. The second-order valence-corrected chi connectivity index (χ2v) is 4.53. The fourth-order valence-corrected chi connectivity index (χ4v) is 2.30. The van der Waals surface area contributed by atoms with Gasteiger partial charge in [-0.05, 0) is 28.3 Å². The molecule has 0 aliphatic carbocycles. The standard InChI is InChI=1S/C10H9BrFNO3/c1-5-2-3-16-10-6(5)4-7(13(14)15)9(12)8(10)11/h4-5H,2-3H2,1H3. The lowest BCUT2D eigenvalue weighted by Gasteiger charge is -2.23. The maximum atomic E-state index is 13.6. The minimum Gasteiger partial charge on any atom is -0.492 e. The first-order valence-corrected chi connectivity index (χ1v) is 5.60. The van der Waals surface area contributed by atoms with Crippen LogP contribution in [0.2, 0.25) is 0 Å². The van der Waals surface area contributed by atoms with Crippen molar-refractivity contribution < 1.29 is 14.1 Å². The van der Waals surface area contributed by atoms with Gasteiger partial charge in [-0.25, -0.2) is 0 Å². The molecule has 0 saturated heterocycles. The van der Waals surface area contributed by atoms with Crippen LogP contribution in [0.15, 0.2) is 10.5 Å². The first-order valence-electron chi connectivity index (χ1n) is 4.81. The molecule has 1 heterocycles. The number of benzene rings is 1. The van der Waals surface area contributed by atoms with E-state index in [9.17, 15) is 14.5 Å². The zero-order valence-corrected chi connectivity index (χ0v) is 10.1. The van der Waals surface area contributed by atoms with E-state index in [1.54, 1.807) is 0 Å². The van der Waals surface area contributed by atoms with E-state index in [2.05, 4.69) is 15.9 Å². The van der Waals surface area contributed by atoms with Gasteiger partial charge in [0.05, 0.1) is 11.5 Å². The van der Waals surface area contributed by atoms with Crippen molar-refractivity contribution in [2.75, 3.05) is 6.61 Å². The Bertz CT molecular complexity index is 464. The van der Waals surface area contributed by atoms with Gasteiger partial charge in [-0.3, -0.25) is 10.1 Å². The summed E-state index contributed by atoms with van der Waals surface area (Å²) in [5.74, 6) is -0.348. The van der Waals surface area contributed by atoms with Crippen molar-refractivity contribution in [2.24, 2.45) is 0 Å². The second kappa shape index (κ2) is 4.01. The highest BCUT2D eigenvalue weighted by molar-refractivity contribution is 9.10. The lowest BCUT2D eigenvalue weighted by molar-refractivity contribution is -0.387. The van der Waals surface area contributed by atoms with E-state index in [4.69, 9.17) is 4.74 Å². The predicted molar refractivity (Wildman–Crippen MR) is 59.3 cm³/mol. The van der Waals surface area contributed by atoms with E-state index >= 15 is 0 Å². The van der Waals surface area contributed by atoms with Gasteiger partial charge in [0.25, 0.3) is 0 Å². The Labute approximate surface area is 99.7 Å². The second-order valence-electron chi connectivity index (χ2n) is 3.74. The Hall–Kier alpha value is -1.17. The summed E-state index contributed by atoms with van der Waals surface area (Å²) in [6.45, 7) is 2.44. The van der Waals surface area contributed by atoms with Crippen LogP contribution < -0.4 is 4.74 Å². The molecule has 2 rings (SSSR count). The van der Waals surface area contributed by atoms with Crippen LogP contribution in [0.25, 0.3) is 0 Å². The predicted octanol–water partition coefficient (Wildman–Crippen LogP) is 3.38. The van der Waals surface area contributed by atoms with Crippen LogP contribution in [-0.2, 0) is 0 Å². The third kappa shape index (κ3) is 1.67. The molecule has 4 nitrogen and oxygen atoms in total. The molecule has 1 aromatic rings. The van der Waals surface area contributed by atoms with Gasteiger partial charge < -0.3 is 4.74 Å². The maximum Gasteiger partial charge on any atom is 0.306 e. The van der Waals surface area contributed by atoms with Crippen LogP contribution in [0.3, 0.4) is 0 Å². The maximum absolute atomic E-state index is 13.6. The summed E-state index contributed by atoms with van der Waals surface area (Å²) in [5.41, 5.74) is 0.175. The summed E-state index contributed by atoms with van der Waals surface area (Å²) in [7, 11) is 0. The molecule has 1 atom stereocenters. The third-order valence-corrected chi connectivity index (χ3v) is 3.40. The number of ether oxygens (including phenoxy) is 1. The molecule has 16 heavy (non-hydrogen) atoms. The minimum absolute atomic E-state index is 0.0447. The number of hydrogen-bond donors (Lipinski definition) is 0. The van der Waals surface area contributed by atoms with Gasteiger partial charge >= 0.3 is 5.69 Å². The van der Waals surface area contributed by atoms with Gasteiger partial charge in [0.1, 0.15) is 10.2 Å². The Kier molecular flexibility index (Phi) is 2.84. The highest BCUT2D eigenvalue weighted by Gasteiger charge is 2.29. The molecule has 0 N–H and O–H groups in total. The van der Waals surface area contributed by atoms with Gasteiger partial charge in [-0.1, -0.05) is 6.92 Å². The van der Waals surface area contributed by atoms with Gasteiger partial charge in [-0.2, -0.15) is 4.39 Å². The molecule has 0 radical (unpaired) electrons. The fraction of sp³-hybridized carbons (Fsp3) is 0.400. The lowest BCUT2D eigenvalue weighted by atomic mass is 9.94. The Morgan fingerprint density at radius 1 is 1.69 bits per heavy atom. The Morgan fingerprint density at radius 3 is 3.00 bits per heavy atom.